The number of benzene rings is 1. The van der Waals surface area contributed by atoms with Crippen molar-refractivity contribution in [3.05, 3.63) is 59.7 Å². The third-order valence-electron chi connectivity index (χ3n) is 3.03. The molecule has 1 unspecified atom stereocenters. The van der Waals surface area contributed by atoms with Crippen molar-refractivity contribution < 1.29 is 24.9 Å². The average molecular weight is 320 g/mol. The van der Waals surface area contributed by atoms with Crippen LogP contribution < -0.4 is 0 Å². The molecule has 1 aromatic rings. The van der Waals surface area contributed by atoms with Crippen LogP contribution in [0.15, 0.2) is 48.6 Å². The summed E-state index contributed by atoms with van der Waals surface area (Å²) in [6, 6.07) is 5.48. The second kappa shape index (κ2) is 9.58. The molecule has 0 fully saturated rings. The van der Waals surface area contributed by atoms with Crippen LogP contribution in [0.4, 0.5) is 0 Å². The van der Waals surface area contributed by atoms with Gasteiger partial charge in [-0.05, 0) is 45.7 Å². The number of aromatic carboxylic acids is 2. The fraction of sp³-hybridized carbons (Fsp3) is 0.333. The van der Waals surface area contributed by atoms with Crippen LogP contribution in [0.1, 0.15) is 54.3 Å². The smallest absolute Gasteiger partial charge is 0.336 e. The summed E-state index contributed by atoms with van der Waals surface area (Å²) in [5, 5.41) is 26.6. The molecule has 0 spiro atoms. The molecule has 0 amide bonds. The van der Waals surface area contributed by atoms with Gasteiger partial charge in [-0.1, -0.05) is 29.9 Å². The van der Waals surface area contributed by atoms with Crippen molar-refractivity contribution in [2.75, 3.05) is 0 Å². The van der Waals surface area contributed by atoms with Gasteiger partial charge in [-0.2, -0.15) is 0 Å². The summed E-state index contributed by atoms with van der Waals surface area (Å²) in [7, 11) is 0. The first-order chi connectivity index (χ1) is 10.6. The summed E-state index contributed by atoms with van der Waals surface area (Å²) in [5.41, 5.74) is 0.214. The standard InChI is InChI=1S/C10H18O.C8H6O4/c1-5-10(4,11)8-6-7-9(2)3;9-7(10)5-3-1-2-4-6(5)8(11)12/h5,7,11H,1,6,8H2,2-4H3;1-4H,(H,9,10)(H,11,12). The second-order valence-corrected chi connectivity index (χ2v) is 5.54. The summed E-state index contributed by atoms with van der Waals surface area (Å²) in [5.74, 6) is -2.46. The molecule has 1 rings (SSSR count). The van der Waals surface area contributed by atoms with E-state index in [4.69, 9.17) is 10.2 Å². The largest absolute Gasteiger partial charge is 0.478 e. The van der Waals surface area contributed by atoms with Crippen molar-refractivity contribution >= 4 is 11.9 Å². The van der Waals surface area contributed by atoms with Crippen LogP contribution in [-0.2, 0) is 0 Å². The van der Waals surface area contributed by atoms with E-state index in [1.54, 1.807) is 13.0 Å². The minimum Gasteiger partial charge on any atom is -0.478 e. The molecule has 0 heterocycles. The lowest BCUT2D eigenvalue weighted by atomic mass is 10.00. The number of aliphatic hydroxyl groups is 1. The monoisotopic (exact) mass is 320 g/mol. The summed E-state index contributed by atoms with van der Waals surface area (Å²) in [6.45, 7) is 9.45. The SMILES string of the molecule is C=CC(C)(O)CCC=C(C)C.O=C(O)c1ccccc1C(=O)O. The number of carboxylic acid groups (broad SMARTS) is 2. The van der Waals surface area contributed by atoms with Gasteiger partial charge in [0.1, 0.15) is 0 Å². The van der Waals surface area contributed by atoms with Crippen LogP contribution >= 0.6 is 0 Å². The van der Waals surface area contributed by atoms with Gasteiger partial charge < -0.3 is 15.3 Å². The third-order valence-corrected chi connectivity index (χ3v) is 3.03. The first kappa shape index (κ1) is 20.6. The Labute approximate surface area is 136 Å². The second-order valence-electron chi connectivity index (χ2n) is 5.54. The highest BCUT2D eigenvalue weighted by molar-refractivity contribution is 6.01. The topological polar surface area (TPSA) is 94.8 Å². The van der Waals surface area contributed by atoms with E-state index < -0.39 is 17.5 Å². The van der Waals surface area contributed by atoms with E-state index in [1.165, 1.54) is 29.8 Å². The molecule has 5 nitrogen and oxygen atoms in total. The van der Waals surface area contributed by atoms with Gasteiger partial charge in [0, 0.05) is 0 Å². The third kappa shape index (κ3) is 8.58. The number of allylic oxidation sites excluding steroid dienone is 2. The van der Waals surface area contributed by atoms with Gasteiger partial charge in [-0.25, -0.2) is 9.59 Å². The molecule has 0 bridgehead atoms. The van der Waals surface area contributed by atoms with Crippen molar-refractivity contribution in [2.45, 2.75) is 39.2 Å². The first-order valence-electron chi connectivity index (χ1n) is 7.15. The Kier molecular flexibility index (Phi) is 8.58. The Bertz CT molecular complexity index is 548. The quantitative estimate of drug-likeness (QED) is 0.694. The van der Waals surface area contributed by atoms with Crippen molar-refractivity contribution in [3.63, 3.8) is 0 Å². The zero-order valence-corrected chi connectivity index (χ0v) is 13.7. The molecule has 1 atom stereocenters. The summed E-state index contributed by atoms with van der Waals surface area (Å²) in [6.07, 6.45) is 5.38. The lowest BCUT2D eigenvalue weighted by molar-refractivity contribution is 0.0651. The first-order valence-corrected chi connectivity index (χ1v) is 7.15. The lowest BCUT2D eigenvalue weighted by Gasteiger charge is -2.16. The van der Waals surface area contributed by atoms with E-state index in [1.807, 2.05) is 0 Å². The van der Waals surface area contributed by atoms with Crippen LogP contribution in [0.25, 0.3) is 0 Å². The molecule has 126 valence electrons. The van der Waals surface area contributed by atoms with Gasteiger partial charge in [0.05, 0.1) is 16.7 Å². The van der Waals surface area contributed by atoms with Gasteiger partial charge in [0.25, 0.3) is 0 Å². The zero-order valence-electron chi connectivity index (χ0n) is 13.7. The Morgan fingerprint density at radius 3 is 1.87 bits per heavy atom. The van der Waals surface area contributed by atoms with E-state index in [2.05, 4.69) is 26.5 Å². The molecule has 0 saturated carbocycles. The maximum atomic E-state index is 10.5. The molecule has 5 heteroatoms. The van der Waals surface area contributed by atoms with E-state index in [0.29, 0.717) is 0 Å². The maximum absolute atomic E-state index is 10.5. The van der Waals surface area contributed by atoms with Crippen molar-refractivity contribution in [1.29, 1.82) is 0 Å². The van der Waals surface area contributed by atoms with Crippen LogP contribution in [0, 0.1) is 0 Å². The Morgan fingerprint density at radius 1 is 1.13 bits per heavy atom. The van der Waals surface area contributed by atoms with E-state index in [0.717, 1.165) is 12.8 Å². The zero-order chi connectivity index (χ0) is 18.0. The minimum absolute atomic E-state index is 0.190. The maximum Gasteiger partial charge on any atom is 0.336 e. The van der Waals surface area contributed by atoms with Crippen LogP contribution in [0.5, 0.6) is 0 Å². The Morgan fingerprint density at radius 2 is 1.57 bits per heavy atom. The lowest BCUT2D eigenvalue weighted by Crippen LogP contribution is -2.19. The molecular weight excluding hydrogens is 296 g/mol. The normalized spacial score (nSPS) is 12.2. The molecule has 1 aromatic carbocycles. The highest BCUT2D eigenvalue weighted by atomic mass is 16.4. The molecule has 0 aliphatic carbocycles. The number of rotatable bonds is 6. The van der Waals surface area contributed by atoms with Gasteiger partial charge in [-0.15, -0.1) is 6.58 Å². The molecule has 0 saturated heterocycles. The van der Waals surface area contributed by atoms with Gasteiger partial charge in [0.15, 0.2) is 0 Å². The molecule has 0 radical (unpaired) electrons. The van der Waals surface area contributed by atoms with Crippen molar-refractivity contribution in [3.8, 4) is 0 Å². The highest BCUT2D eigenvalue weighted by Gasteiger charge is 2.14. The molecule has 0 aromatic heterocycles. The van der Waals surface area contributed by atoms with E-state index in [9.17, 15) is 14.7 Å². The molecule has 0 aliphatic heterocycles. The number of carboxylic acids is 2. The Hall–Kier alpha value is -2.40. The van der Waals surface area contributed by atoms with Crippen LogP contribution in [0.3, 0.4) is 0 Å². The van der Waals surface area contributed by atoms with Gasteiger partial charge >= 0.3 is 11.9 Å². The number of hydrogen-bond acceptors (Lipinski definition) is 3. The Balaban J connectivity index is 0.000000423. The molecule has 23 heavy (non-hydrogen) atoms. The fourth-order valence-electron chi connectivity index (χ4n) is 1.61. The van der Waals surface area contributed by atoms with Gasteiger partial charge in [0.2, 0.25) is 0 Å². The molecule has 0 aliphatic rings. The van der Waals surface area contributed by atoms with Crippen LogP contribution in [-0.4, -0.2) is 32.9 Å². The summed E-state index contributed by atoms with van der Waals surface area (Å²) in [4.78, 5) is 20.9. The predicted molar refractivity (Wildman–Crippen MR) is 89.8 cm³/mol. The molecular formula is C18H24O5. The predicted octanol–water partition coefficient (Wildman–Crippen LogP) is 3.75. The fourth-order valence-corrected chi connectivity index (χ4v) is 1.61. The number of carbonyl (C=O) groups is 2. The average Bonchev–Trinajstić information content (AvgIpc) is 2.47. The van der Waals surface area contributed by atoms with E-state index in [-0.39, 0.29) is 11.1 Å². The number of hydrogen-bond donors (Lipinski definition) is 3. The van der Waals surface area contributed by atoms with Gasteiger partial charge in [-0.3, -0.25) is 0 Å². The minimum atomic E-state index is -1.23. The van der Waals surface area contributed by atoms with Crippen LogP contribution in [0.2, 0.25) is 0 Å². The van der Waals surface area contributed by atoms with Crippen molar-refractivity contribution in [1.82, 2.24) is 0 Å². The van der Waals surface area contributed by atoms with Crippen molar-refractivity contribution in [2.24, 2.45) is 0 Å². The van der Waals surface area contributed by atoms with E-state index >= 15 is 0 Å². The highest BCUT2D eigenvalue weighted by Crippen LogP contribution is 2.13. The molecule has 3 N–H and O–H groups in total. The summed E-state index contributed by atoms with van der Waals surface area (Å²) < 4.78 is 0. The summed E-state index contributed by atoms with van der Waals surface area (Å²) >= 11 is 0.